The second kappa shape index (κ2) is 8.58. The van der Waals surface area contributed by atoms with E-state index in [4.69, 9.17) is 10.5 Å². The van der Waals surface area contributed by atoms with E-state index in [-0.39, 0.29) is 29.7 Å². The second-order valence-corrected chi connectivity index (χ2v) is 5.41. The van der Waals surface area contributed by atoms with Crippen LogP contribution in [0.25, 0.3) is 0 Å². The molecule has 0 bridgehead atoms. The average Bonchev–Trinajstić information content (AvgIpc) is 2.59. The van der Waals surface area contributed by atoms with Crippen LogP contribution < -0.4 is 10.5 Å². The second-order valence-electron chi connectivity index (χ2n) is 5.41. The molecule has 0 fully saturated rings. The Kier molecular flexibility index (Phi) is 6.22. The highest BCUT2D eigenvalue weighted by molar-refractivity contribution is 6.08. The summed E-state index contributed by atoms with van der Waals surface area (Å²) in [5, 5.41) is 9.72. The van der Waals surface area contributed by atoms with Gasteiger partial charge in [-0.15, -0.1) is 0 Å². The number of phenols is 1. The molecular formula is C18H20N4O3. The van der Waals surface area contributed by atoms with Gasteiger partial charge >= 0.3 is 0 Å². The number of nitrogens with zero attached hydrogens (tertiary/aromatic N) is 3. The average molecular weight is 340 g/mol. The molecule has 0 radical (unpaired) electrons. The van der Waals surface area contributed by atoms with Gasteiger partial charge in [0.25, 0.3) is 0 Å². The lowest BCUT2D eigenvalue weighted by atomic mass is 10.2. The van der Waals surface area contributed by atoms with E-state index >= 15 is 0 Å². The number of ether oxygens (including phenoxy) is 1. The van der Waals surface area contributed by atoms with Crippen LogP contribution in [0.1, 0.15) is 35.6 Å². The van der Waals surface area contributed by atoms with Crippen LogP contribution in [0.15, 0.2) is 47.9 Å². The van der Waals surface area contributed by atoms with Gasteiger partial charge in [0.05, 0.1) is 11.3 Å². The van der Waals surface area contributed by atoms with Gasteiger partial charge in [-0.3, -0.25) is 19.8 Å². The molecule has 0 atom stereocenters. The first-order valence-corrected chi connectivity index (χ1v) is 7.73. The number of nitrogens with two attached hydrogens (primary N) is 1. The summed E-state index contributed by atoms with van der Waals surface area (Å²) in [7, 11) is 0. The first-order valence-electron chi connectivity index (χ1n) is 7.73. The SMILES string of the molecule is CC(C)N=C(C=CN)c1nccnc1COc1cccc(O)c1C=O. The summed E-state index contributed by atoms with van der Waals surface area (Å²) in [4.78, 5) is 24.2. The van der Waals surface area contributed by atoms with E-state index in [0.29, 0.717) is 23.4 Å². The highest BCUT2D eigenvalue weighted by Crippen LogP contribution is 2.26. The van der Waals surface area contributed by atoms with Crippen LogP contribution in [0.5, 0.6) is 11.5 Å². The fraction of sp³-hybridized carbons (Fsp3) is 0.222. The predicted molar refractivity (Wildman–Crippen MR) is 94.9 cm³/mol. The number of carbonyl (C=O) groups is 1. The molecule has 2 rings (SSSR count). The molecule has 0 amide bonds. The van der Waals surface area contributed by atoms with Crippen LogP contribution in [0, 0.1) is 0 Å². The van der Waals surface area contributed by atoms with E-state index < -0.39 is 0 Å². The molecule has 0 unspecified atom stereocenters. The Morgan fingerprint density at radius 2 is 2.12 bits per heavy atom. The van der Waals surface area contributed by atoms with E-state index in [9.17, 15) is 9.90 Å². The number of carbonyl (C=O) groups excluding carboxylic acids is 1. The van der Waals surface area contributed by atoms with Gasteiger partial charge in [0.15, 0.2) is 6.29 Å². The normalized spacial score (nSPS) is 11.9. The summed E-state index contributed by atoms with van der Waals surface area (Å²) in [6, 6.07) is 4.67. The largest absolute Gasteiger partial charge is 0.507 e. The van der Waals surface area contributed by atoms with Gasteiger partial charge < -0.3 is 15.6 Å². The topological polar surface area (TPSA) is 111 Å². The van der Waals surface area contributed by atoms with E-state index in [0.717, 1.165) is 0 Å². The number of aliphatic imine (C=N–C) groups is 1. The highest BCUT2D eigenvalue weighted by Gasteiger charge is 2.13. The minimum absolute atomic E-state index is 0.0507. The maximum atomic E-state index is 11.1. The summed E-state index contributed by atoms with van der Waals surface area (Å²) < 4.78 is 5.66. The van der Waals surface area contributed by atoms with Gasteiger partial charge in [-0.05, 0) is 38.3 Å². The smallest absolute Gasteiger partial charge is 0.157 e. The molecule has 0 aliphatic carbocycles. The van der Waals surface area contributed by atoms with Crippen LogP contribution in [0.3, 0.4) is 0 Å². The number of rotatable bonds is 7. The number of phenolic OH excluding ortho intramolecular Hbond substituents is 1. The maximum absolute atomic E-state index is 11.1. The van der Waals surface area contributed by atoms with E-state index in [1.54, 1.807) is 30.6 Å². The number of hydrogen-bond acceptors (Lipinski definition) is 7. The zero-order valence-corrected chi connectivity index (χ0v) is 14.1. The number of hydrogen-bond donors (Lipinski definition) is 2. The van der Waals surface area contributed by atoms with Crippen molar-refractivity contribution in [1.82, 2.24) is 9.97 Å². The van der Waals surface area contributed by atoms with Crippen LogP contribution in [-0.2, 0) is 6.61 Å². The minimum Gasteiger partial charge on any atom is -0.507 e. The maximum Gasteiger partial charge on any atom is 0.157 e. The molecular weight excluding hydrogens is 320 g/mol. The molecule has 1 aromatic carbocycles. The lowest BCUT2D eigenvalue weighted by Gasteiger charge is -2.12. The number of allylic oxidation sites excluding steroid dienone is 1. The van der Waals surface area contributed by atoms with E-state index in [2.05, 4.69) is 15.0 Å². The molecule has 130 valence electrons. The van der Waals surface area contributed by atoms with Crippen molar-refractivity contribution in [3.63, 3.8) is 0 Å². The van der Waals surface area contributed by atoms with Gasteiger partial charge in [0, 0.05) is 18.4 Å². The molecule has 3 N–H and O–H groups in total. The van der Waals surface area contributed by atoms with Crippen LogP contribution in [-0.4, -0.2) is 33.1 Å². The van der Waals surface area contributed by atoms with Crippen molar-refractivity contribution in [3.05, 3.63) is 59.8 Å². The highest BCUT2D eigenvalue weighted by atomic mass is 16.5. The van der Waals surface area contributed by atoms with Crippen LogP contribution >= 0.6 is 0 Å². The Hall–Kier alpha value is -3.22. The standard InChI is InChI=1S/C18H20N4O3/c1-12(2)22-14(6-7-19)18-15(20-8-9-21-18)11-25-17-5-3-4-16(24)13(17)10-23/h3-10,12,24H,11,19H2,1-2H3. The Labute approximate surface area is 145 Å². The van der Waals surface area contributed by atoms with Crippen molar-refractivity contribution in [2.75, 3.05) is 0 Å². The quantitative estimate of drug-likeness (QED) is 0.591. The zero-order valence-electron chi connectivity index (χ0n) is 14.1. The molecule has 0 aliphatic heterocycles. The number of benzene rings is 1. The number of aldehydes is 1. The molecule has 2 aromatic rings. The third-order valence-corrected chi connectivity index (χ3v) is 3.19. The molecule has 1 aromatic heterocycles. The lowest BCUT2D eigenvalue weighted by Crippen LogP contribution is -2.12. The van der Waals surface area contributed by atoms with Crippen molar-refractivity contribution >= 4 is 12.0 Å². The molecule has 7 nitrogen and oxygen atoms in total. The molecule has 0 aliphatic rings. The molecule has 7 heteroatoms. The monoisotopic (exact) mass is 340 g/mol. The van der Waals surface area contributed by atoms with Crippen molar-refractivity contribution in [2.45, 2.75) is 26.5 Å². The Morgan fingerprint density at radius 1 is 1.36 bits per heavy atom. The summed E-state index contributed by atoms with van der Waals surface area (Å²) in [6.45, 7) is 3.95. The van der Waals surface area contributed by atoms with Gasteiger partial charge in [0.2, 0.25) is 0 Å². The number of aromatic hydroxyl groups is 1. The van der Waals surface area contributed by atoms with Gasteiger partial charge in [-0.1, -0.05) is 6.07 Å². The molecule has 0 spiro atoms. The van der Waals surface area contributed by atoms with Crippen LogP contribution in [0.4, 0.5) is 0 Å². The van der Waals surface area contributed by atoms with Crippen molar-refractivity contribution in [3.8, 4) is 11.5 Å². The van der Waals surface area contributed by atoms with Crippen LogP contribution in [0.2, 0.25) is 0 Å². The van der Waals surface area contributed by atoms with Crippen molar-refractivity contribution in [1.29, 1.82) is 0 Å². The lowest BCUT2D eigenvalue weighted by molar-refractivity contribution is 0.111. The Morgan fingerprint density at radius 3 is 2.80 bits per heavy atom. The minimum atomic E-state index is -0.139. The fourth-order valence-electron chi connectivity index (χ4n) is 2.16. The first kappa shape index (κ1) is 18.1. The predicted octanol–water partition coefficient (Wildman–Crippen LogP) is 2.24. The van der Waals surface area contributed by atoms with Crippen molar-refractivity contribution < 1.29 is 14.6 Å². The number of aromatic nitrogens is 2. The van der Waals surface area contributed by atoms with Gasteiger partial charge in [0.1, 0.15) is 29.5 Å². The van der Waals surface area contributed by atoms with Crippen molar-refractivity contribution in [2.24, 2.45) is 10.7 Å². The Balaban J connectivity index is 2.33. The van der Waals surface area contributed by atoms with E-state index in [1.165, 1.54) is 12.3 Å². The third kappa shape index (κ3) is 4.63. The summed E-state index contributed by atoms with van der Waals surface area (Å²) in [5.41, 5.74) is 7.28. The summed E-state index contributed by atoms with van der Waals surface area (Å²) >= 11 is 0. The summed E-state index contributed by atoms with van der Waals surface area (Å²) in [5.74, 6) is 0.128. The first-order chi connectivity index (χ1) is 12.1. The third-order valence-electron chi connectivity index (χ3n) is 3.19. The molecule has 1 heterocycles. The molecule has 0 saturated heterocycles. The molecule has 0 saturated carbocycles. The van der Waals surface area contributed by atoms with Gasteiger partial charge in [-0.2, -0.15) is 0 Å². The summed E-state index contributed by atoms with van der Waals surface area (Å²) in [6.07, 6.45) is 6.69. The Bertz CT molecular complexity index is 801. The van der Waals surface area contributed by atoms with E-state index in [1.807, 2.05) is 13.8 Å². The molecule has 25 heavy (non-hydrogen) atoms. The fourth-order valence-corrected chi connectivity index (χ4v) is 2.16. The zero-order chi connectivity index (χ0) is 18.2. The van der Waals surface area contributed by atoms with Gasteiger partial charge in [-0.25, -0.2) is 0 Å².